The van der Waals surface area contributed by atoms with Crippen LogP contribution in [0.5, 0.6) is 0 Å². The standard InChI is InChI=1S/C25H36N4O10S/c1-9-13-25(10-2,20(33)35-23(3,4)5)38-39-28-18(19(32)37-29-16(30)11-12-17(29)31)15-14-40-21(26-15)27-22(34)36-24(6,7)8/h14H,9-13H2,1-8H3,(H,26,27,34)/b28-18-. The normalized spacial score (nSPS) is 15.9. The van der Waals surface area contributed by atoms with E-state index in [4.69, 9.17) is 24.2 Å². The van der Waals surface area contributed by atoms with Crippen molar-refractivity contribution in [1.82, 2.24) is 10.0 Å². The summed E-state index contributed by atoms with van der Waals surface area (Å²) < 4.78 is 10.7. The van der Waals surface area contributed by atoms with E-state index < -0.39 is 52.4 Å². The summed E-state index contributed by atoms with van der Waals surface area (Å²) in [4.78, 5) is 81.6. The Morgan fingerprint density at radius 2 is 1.62 bits per heavy atom. The molecule has 1 aliphatic rings. The van der Waals surface area contributed by atoms with E-state index in [-0.39, 0.29) is 36.5 Å². The molecule has 0 aliphatic carbocycles. The molecule has 0 bridgehead atoms. The Kier molecular flexibility index (Phi) is 10.7. The van der Waals surface area contributed by atoms with Gasteiger partial charge in [0.2, 0.25) is 11.3 Å². The van der Waals surface area contributed by atoms with E-state index in [1.54, 1.807) is 48.5 Å². The second-order valence-electron chi connectivity index (χ2n) is 10.8. The molecule has 0 aromatic carbocycles. The minimum absolute atomic E-state index is 0.0432. The summed E-state index contributed by atoms with van der Waals surface area (Å²) in [6, 6.07) is 0. The summed E-state index contributed by atoms with van der Waals surface area (Å²) in [5.74, 6) is -3.37. The number of hydroxylamine groups is 2. The lowest BCUT2D eigenvalue weighted by Gasteiger charge is -2.30. The van der Waals surface area contributed by atoms with Crippen LogP contribution < -0.4 is 5.32 Å². The molecule has 0 radical (unpaired) electrons. The number of imide groups is 1. The van der Waals surface area contributed by atoms with Crippen LogP contribution >= 0.6 is 11.3 Å². The fraction of sp³-hybridized carbons (Fsp3) is 0.640. The van der Waals surface area contributed by atoms with Gasteiger partial charge in [0.1, 0.15) is 16.9 Å². The third-order valence-corrected chi connectivity index (χ3v) is 5.81. The van der Waals surface area contributed by atoms with Crippen LogP contribution in [0.1, 0.15) is 93.2 Å². The van der Waals surface area contributed by atoms with E-state index in [1.807, 2.05) is 6.92 Å². The number of carbonyl (C=O) groups is 5. The summed E-state index contributed by atoms with van der Waals surface area (Å²) in [6.07, 6.45) is -0.129. The van der Waals surface area contributed by atoms with E-state index in [0.717, 1.165) is 11.3 Å². The average Bonchev–Trinajstić information content (AvgIpc) is 3.40. The Balaban J connectivity index is 2.35. The third kappa shape index (κ3) is 9.26. The molecule has 1 atom stereocenters. The molecule has 15 heteroatoms. The van der Waals surface area contributed by atoms with Crippen molar-refractivity contribution in [2.45, 2.75) is 104 Å². The van der Waals surface area contributed by atoms with Crippen LogP contribution in [0.3, 0.4) is 0 Å². The van der Waals surface area contributed by atoms with Crippen LogP contribution in [0.4, 0.5) is 9.93 Å². The van der Waals surface area contributed by atoms with Crippen molar-refractivity contribution < 1.29 is 48.2 Å². The van der Waals surface area contributed by atoms with E-state index in [0.29, 0.717) is 11.5 Å². The molecule has 1 unspecified atom stereocenters. The Bertz CT molecular complexity index is 1140. The van der Waals surface area contributed by atoms with Crippen molar-refractivity contribution in [3.05, 3.63) is 11.1 Å². The van der Waals surface area contributed by atoms with E-state index >= 15 is 0 Å². The minimum Gasteiger partial charge on any atom is -0.458 e. The van der Waals surface area contributed by atoms with Gasteiger partial charge in [-0.2, -0.15) is 0 Å². The number of amides is 3. The van der Waals surface area contributed by atoms with Crippen LogP contribution in [0.15, 0.2) is 10.5 Å². The molecule has 1 N–H and O–H groups in total. The second kappa shape index (κ2) is 13.2. The number of thiazole rings is 1. The molecule has 1 aromatic rings. The zero-order chi connectivity index (χ0) is 30.3. The summed E-state index contributed by atoms with van der Waals surface area (Å²) >= 11 is 0.927. The number of hydrogen-bond donors (Lipinski definition) is 1. The molecular weight excluding hydrogens is 548 g/mol. The number of hydrogen-bond acceptors (Lipinski definition) is 13. The molecule has 1 aromatic heterocycles. The van der Waals surface area contributed by atoms with E-state index in [1.165, 1.54) is 5.38 Å². The van der Waals surface area contributed by atoms with Gasteiger partial charge in [0.05, 0.1) is 0 Å². The summed E-state index contributed by atoms with van der Waals surface area (Å²) in [5.41, 5.74) is -3.86. The molecular formula is C25H36N4O10S. The fourth-order valence-corrected chi connectivity index (χ4v) is 3.94. The van der Waals surface area contributed by atoms with Crippen LogP contribution in [0.25, 0.3) is 0 Å². The first kappa shape index (κ1) is 32.6. The Hall–Kier alpha value is -3.59. The van der Waals surface area contributed by atoms with E-state index in [9.17, 15) is 24.0 Å². The number of nitrogens with zero attached hydrogens (tertiary/aromatic N) is 3. The highest BCUT2D eigenvalue weighted by atomic mass is 32.1. The van der Waals surface area contributed by atoms with Crippen molar-refractivity contribution in [2.75, 3.05) is 5.32 Å². The largest absolute Gasteiger partial charge is 0.458 e. The topological polar surface area (TPSA) is 172 Å². The third-order valence-electron chi connectivity index (χ3n) is 5.05. The van der Waals surface area contributed by atoms with Gasteiger partial charge in [-0.15, -0.1) is 21.3 Å². The first-order valence-corrected chi connectivity index (χ1v) is 13.6. The molecule has 3 amide bonds. The van der Waals surface area contributed by atoms with Gasteiger partial charge in [-0.25, -0.2) is 24.4 Å². The van der Waals surface area contributed by atoms with Gasteiger partial charge < -0.3 is 14.3 Å². The summed E-state index contributed by atoms with van der Waals surface area (Å²) in [6.45, 7) is 13.7. The van der Waals surface area contributed by atoms with Crippen LogP contribution in [-0.4, -0.2) is 62.4 Å². The van der Waals surface area contributed by atoms with Crippen molar-refractivity contribution >= 4 is 52.0 Å². The van der Waals surface area contributed by atoms with Crippen LogP contribution in [0, 0.1) is 0 Å². The lowest BCUT2D eigenvalue weighted by Crippen LogP contribution is -2.45. The van der Waals surface area contributed by atoms with E-state index in [2.05, 4.69) is 15.5 Å². The van der Waals surface area contributed by atoms with Gasteiger partial charge in [-0.05, 0) is 59.5 Å². The summed E-state index contributed by atoms with van der Waals surface area (Å²) in [7, 11) is 0. The maximum Gasteiger partial charge on any atom is 0.413 e. The zero-order valence-corrected chi connectivity index (χ0v) is 24.8. The molecule has 40 heavy (non-hydrogen) atoms. The highest BCUT2D eigenvalue weighted by Gasteiger charge is 2.43. The number of anilines is 1. The van der Waals surface area contributed by atoms with Crippen LogP contribution in [0.2, 0.25) is 0 Å². The average molecular weight is 585 g/mol. The first-order valence-electron chi connectivity index (χ1n) is 12.7. The molecule has 222 valence electrons. The molecule has 1 aliphatic heterocycles. The number of carbonyl (C=O) groups excluding carboxylic acids is 5. The minimum atomic E-state index is -1.55. The lowest BCUT2D eigenvalue weighted by atomic mass is 9.95. The van der Waals surface area contributed by atoms with Crippen LogP contribution in [-0.2, 0) is 43.4 Å². The second-order valence-corrected chi connectivity index (χ2v) is 11.7. The first-order chi connectivity index (χ1) is 18.5. The molecule has 2 heterocycles. The molecule has 14 nitrogen and oxygen atoms in total. The Morgan fingerprint density at radius 3 is 2.15 bits per heavy atom. The van der Waals surface area contributed by atoms with Gasteiger partial charge >= 0.3 is 18.0 Å². The number of aromatic nitrogens is 1. The van der Waals surface area contributed by atoms with Gasteiger partial charge in [0.25, 0.3) is 11.8 Å². The van der Waals surface area contributed by atoms with Gasteiger partial charge in [0.15, 0.2) is 5.13 Å². The molecule has 0 saturated carbocycles. The molecule has 0 spiro atoms. The number of nitrogens with one attached hydrogen (secondary N) is 1. The maximum absolute atomic E-state index is 13.0. The van der Waals surface area contributed by atoms with Gasteiger partial charge in [0, 0.05) is 18.2 Å². The van der Waals surface area contributed by atoms with Crippen molar-refractivity contribution in [3.63, 3.8) is 0 Å². The predicted octanol–water partition coefficient (Wildman–Crippen LogP) is 4.04. The zero-order valence-electron chi connectivity index (χ0n) is 23.9. The maximum atomic E-state index is 13.0. The number of rotatable bonds is 11. The molecule has 1 saturated heterocycles. The quantitative estimate of drug-likeness (QED) is 0.131. The fourth-order valence-electron chi connectivity index (χ4n) is 3.26. The summed E-state index contributed by atoms with van der Waals surface area (Å²) in [5, 5.41) is 7.84. The van der Waals surface area contributed by atoms with Crippen molar-refractivity contribution in [3.8, 4) is 0 Å². The Morgan fingerprint density at radius 1 is 1.02 bits per heavy atom. The predicted molar refractivity (Wildman–Crippen MR) is 142 cm³/mol. The molecule has 1 fully saturated rings. The highest BCUT2D eigenvalue weighted by molar-refractivity contribution is 7.14. The Labute approximate surface area is 236 Å². The highest BCUT2D eigenvalue weighted by Crippen LogP contribution is 2.28. The lowest BCUT2D eigenvalue weighted by molar-refractivity contribution is -0.360. The smallest absolute Gasteiger partial charge is 0.413 e. The van der Waals surface area contributed by atoms with Gasteiger partial charge in [-0.3, -0.25) is 14.9 Å². The molecule has 2 rings (SSSR count). The van der Waals surface area contributed by atoms with Gasteiger partial charge in [-0.1, -0.05) is 20.3 Å². The van der Waals surface area contributed by atoms with Crippen molar-refractivity contribution in [2.24, 2.45) is 5.16 Å². The number of ether oxygens (including phenoxy) is 2. The SMILES string of the molecule is CCCC(CC)(OO/N=C(\C(=O)ON1C(=O)CCC1=O)c1csc(NC(=O)OC(C)(C)C)n1)C(=O)OC(C)(C)C. The monoisotopic (exact) mass is 584 g/mol. The van der Waals surface area contributed by atoms with Crippen molar-refractivity contribution in [1.29, 1.82) is 0 Å². The number of oxime groups is 1. The number of esters is 1.